The normalized spacial score (nSPS) is 33.9. The number of carbonyl (C=O) groups is 2. The number of hydrogen-bond acceptors (Lipinski definition) is 2. The fourth-order valence-electron chi connectivity index (χ4n) is 1.42. The number of rotatable bonds is 1. The molecule has 1 saturated carbocycles. The first-order chi connectivity index (χ1) is 4.66. The van der Waals surface area contributed by atoms with E-state index in [0.29, 0.717) is 12.8 Å². The second-order valence-electron chi connectivity index (χ2n) is 3.34. The zero-order chi connectivity index (χ0) is 7.61. The van der Waals surface area contributed by atoms with Crippen LogP contribution in [-0.4, -0.2) is 12.1 Å². The van der Waals surface area contributed by atoms with Crippen LogP contribution in [-0.2, 0) is 9.59 Å². The summed E-state index contributed by atoms with van der Waals surface area (Å²) in [6.45, 7) is 1.86. The van der Waals surface area contributed by atoms with Crippen LogP contribution in [0.4, 0.5) is 0 Å². The van der Waals surface area contributed by atoms with Gasteiger partial charge >= 0.3 is 0 Å². The average Bonchev–Trinajstić information content (AvgIpc) is 1.88. The maximum absolute atomic E-state index is 10.9. The van der Waals surface area contributed by atoms with E-state index in [0.717, 1.165) is 19.1 Å². The van der Waals surface area contributed by atoms with Crippen LogP contribution in [0.15, 0.2) is 0 Å². The maximum atomic E-state index is 10.9. The number of aldehydes is 1. The van der Waals surface area contributed by atoms with Gasteiger partial charge in [-0.25, -0.2) is 0 Å². The zero-order valence-corrected chi connectivity index (χ0v) is 6.22. The lowest BCUT2D eigenvalue weighted by Crippen LogP contribution is -2.26. The molecule has 0 radical (unpaired) electrons. The van der Waals surface area contributed by atoms with Crippen LogP contribution in [0, 0.1) is 5.41 Å². The third kappa shape index (κ3) is 1.43. The highest BCUT2D eigenvalue weighted by Gasteiger charge is 2.30. The van der Waals surface area contributed by atoms with E-state index in [9.17, 15) is 9.59 Å². The molecule has 0 aromatic carbocycles. The maximum Gasteiger partial charge on any atom is 0.133 e. The quantitative estimate of drug-likeness (QED) is 0.515. The Balaban J connectivity index is 2.61. The third-order valence-electron chi connectivity index (χ3n) is 2.09. The molecule has 1 fully saturated rings. The van der Waals surface area contributed by atoms with Crippen LogP contribution in [0.1, 0.15) is 32.6 Å². The standard InChI is InChI=1S/C8H12O2/c1-8(6-9)4-2-3-7(10)5-8/h6H,2-5H2,1H3. The van der Waals surface area contributed by atoms with E-state index in [4.69, 9.17) is 0 Å². The molecule has 0 saturated heterocycles. The Hall–Kier alpha value is -0.660. The van der Waals surface area contributed by atoms with Crippen LogP contribution in [0.2, 0.25) is 0 Å². The molecule has 0 aromatic rings. The molecule has 2 nitrogen and oxygen atoms in total. The van der Waals surface area contributed by atoms with Crippen molar-refractivity contribution in [1.82, 2.24) is 0 Å². The molecule has 0 aromatic heterocycles. The summed E-state index contributed by atoms with van der Waals surface area (Å²) < 4.78 is 0. The zero-order valence-electron chi connectivity index (χ0n) is 6.22. The number of carbonyl (C=O) groups excluding carboxylic acids is 2. The fourth-order valence-corrected chi connectivity index (χ4v) is 1.42. The highest BCUT2D eigenvalue weighted by Crippen LogP contribution is 2.31. The van der Waals surface area contributed by atoms with Crippen LogP contribution in [0.3, 0.4) is 0 Å². The van der Waals surface area contributed by atoms with Gasteiger partial charge in [-0.2, -0.15) is 0 Å². The average molecular weight is 140 g/mol. The van der Waals surface area contributed by atoms with E-state index in [1.165, 1.54) is 0 Å². The molecule has 0 bridgehead atoms. The minimum atomic E-state index is -0.338. The number of Topliss-reactive ketones (excluding diaryl/α,β-unsaturated/α-hetero) is 1. The van der Waals surface area contributed by atoms with Crippen molar-refractivity contribution >= 4 is 12.1 Å². The lowest BCUT2D eigenvalue weighted by atomic mass is 9.76. The SMILES string of the molecule is CC1(C=O)CCCC(=O)C1. The van der Waals surface area contributed by atoms with E-state index in [1.54, 1.807) is 0 Å². The molecule has 56 valence electrons. The molecule has 1 unspecified atom stereocenters. The summed E-state index contributed by atoms with van der Waals surface area (Å²) in [6, 6.07) is 0. The molecular formula is C8H12O2. The van der Waals surface area contributed by atoms with Gasteiger partial charge in [0.25, 0.3) is 0 Å². The summed E-state index contributed by atoms with van der Waals surface area (Å²) in [5.41, 5.74) is -0.338. The van der Waals surface area contributed by atoms with Crippen LogP contribution in [0.5, 0.6) is 0 Å². The fraction of sp³-hybridized carbons (Fsp3) is 0.750. The second-order valence-corrected chi connectivity index (χ2v) is 3.34. The highest BCUT2D eigenvalue weighted by atomic mass is 16.1. The van der Waals surface area contributed by atoms with Crippen LogP contribution >= 0.6 is 0 Å². The Bertz CT molecular complexity index is 163. The molecule has 2 heteroatoms. The first-order valence-corrected chi connectivity index (χ1v) is 3.64. The van der Waals surface area contributed by atoms with Crippen molar-refractivity contribution in [3.63, 3.8) is 0 Å². The van der Waals surface area contributed by atoms with E-state index < -0.39 is 0 Å². The highest BCUT2D eigenvalue weighted by molar-refractivity contribution is 5.83. The number of ketones is 1. The third-order valence-corrected chi connectivity index (χ3v) is 2.09. The van der Waals surface area contributed by atoms with Crippen molar-refractivity contribution < 1.29 is 9.59 Å². The summed E-state index contributed by atoms with van der Waals surface area (Å²) in [6.07, 6.45) is 3.81. The molecule has 10 heavy (non-hydrogen) atoms. The molecule has 1 aliphatic carbocycles. The van der Waals surface area contributed by atoms with Crippen molar-refractivity contribution in [2.75, 3.05) is 0 Å². The molecule has 0 aliphatic heterocycles. The van der Waals surface area contributed by atoms with E-state index in [2.05, 4.69) is 0 Å². The summed E-state index contributed by atoms with van der Waals surface area (Å²) in [5.74, 6) is 0.237. The van der Waals surface area contributed by atoms with Crippen LogP contribution < -0.4 is 0 Å². The van der Waals surface area contributed by atoms with Crippen molar-refractivity contribution in [2.24, 2.45) is 5.41 Å². The summed E-state index contributed by atoms with van der Waals surface area (Å²) in [7, 11) is 0. The van der Waals surface area contributed by atoms with E-state index in [1.807, 2.05) is 6.92 Å². The van der Waals surface area contributed by atoms with Gasteiger partial charge in [-0.3, -0.25) is 4.79 Å². The summed E-state index contributed by atoms with van der Waals surface area (Å²) in [4.78, 5) is 21.4. The van der Waals surface area contributed by atoms with E-state index >= 15 is 0 Å². The summed E-state index contributed by atoms with van der Waals surface area (Å²) in [5, 5.41) is 0. The largest absolute Gasteiger partial charge is 0.303 e. The minimum absolute atomic E-state index is 0.237. The van der Waals surface area contributed by atoms with Gasteiger partial charge in [0.1, 0.15) is 12.1 Å². The first kappa shape index (κ1) is 7.45. The molecule has 0 N–H and O–H groups in total. The van der Waals surface area contributed by atoms with Crippen LogP contribution in [0.25, 0.3) is 0 Å². The van der Waals surface area contributed by atoms with Gasteiger partial charge in [-0.05, 0) is 12.8 Å². The van der Waals surface area contributed by atoms with Gasteiger partial charge < -0.3 is 4.79 Å². The molecule has 1 aliphatic rings. The van der Waals surface area contributed by atoms with Gasteiger partial charge in [0.15, 0.2) is 0 Å². The molecule has 0 spiro atoms. The minimum Gasteiger partial charge on any atom is -0.303 e. The molecule has 1 rings (SSSR count). The summed E-state index contributed by atoms with van der Waals surface area (Å²) >= 11 is 0. The Morgan fingerprint density at radius 1 is 1.60 bits per heavy atom. The lowest BCUT2D eigenvalue weighted by molar-refractivity contribution is -0.129. The Labute approximate surface area is 60.6 Å². The predicted octanol–water partition coefficient (Wildman–Crippen LogP) is 1.33. The van der Waals surface area contributed by atoms with Crippen molar-refractivity contribution in [2.45, 2.75) is 32.6 Å². The second kappa shape index (κ2) is 2.52. The number of hydrogen-bond donors (Lipinski definition) is 0. The van der Waals surface area contributed by atoms with Gasteiger partial charge in [0.05, 0.1) is 0 Å². The molecule has 1 atom stereocenters. The van der Waals surface area contributed by atoms with Crippen molar-refractivity contribution in [3.8, 4) is 0 Å². The van der Waals surface area contributed by atoms with E-state index in [-0.39, 0.29) is 11.2 Å². The Morgan fingerprint density at radius 3 is 2.70 bits per heavy atom. The lowest BCUT2D eigenvalue weighted by Gasteiger charge is -2.25. The van der Waals surface area contributed by atoms with Gasteiger partial charge in [0, 0.05) is 18.3 Å². The monoisotopic (exact) mass is 140 g/mol. The van der Waals surface area contributed by atoms with Crippen molar-refractivity contribution in [1.29, 1.82) is 0 Å². The Morgan fingerprint density at radius 2 is 2.30 bits per heavy atom. The predicted molar refractivity (Wildman–Crippen MR) is 37.6 cm³/mol. The van der Waals surface area contributed by atoms with Gasteiger partial charge in [-0.1, -0.05) is 6.92 Å². The smallest absolute Gasteiger partial charge is 0.133 e. The molecule has 0 amide bonds. The van der Waals surface area contributed by atoms with Crippen molar-refractivity contribution in [3.05, 3.63) is 0 Å². The first-order valence-electron chi connectivity index (χ1n) is 3.64. The topological polar surface area (TPSA) is 34.1 Å². The van der Waals surface area contributed by atoms with Gasteiger partial charge in [-0.15, -0.1) is 0 Å². The molecular weight excluding hydrogens is 128 g/mol. The van der Waals surface area contributed by atoms with Gasteiger partial charge in [0.2, 0.25) is 0 Å². The molecule has 0 heterocycles. The Kier molecular flexibility index (Phi) is 1.88.